The van der Waals surface area contributed by atoms with Gasteiger partial charge in [-0.25, -0.2) is 4.98 Å². The number of fused-ring (bicyclic) bond motifs is 1. The summed E-state index contributed by atoms with van der Waals surface area (Å²) in [6.45, 7) is 8.56. The lowest BCUT2D eigenvalue weighted by Gasteiger charge is -2.09. The quantitative estimate of drug-likeness (QED) is 0.800. The number of pyridine rings is 1. The van der Waals surface area contributed by atoms with Crippen LogP contribution in [0.25, 0.3) is 5.65 Å². The van der Waals surface area contributed by atoms with E-state index in [1.165, 1.54) is 5.56 Å². The Bertz CT molecular complexity index is 448. The second kappa shape index (κ2) is 6.67. The van der Waals surface area contributed by atoms with Crippen molar-refractivity contribution < 1.29 is 0 Å². The highest BCUT2D eigenvalue weighted by molar-refractivity contribution is 7.78. The van der Waals surface area contributed by atoms with Crippen LogP contribution in [-0.4, -0.2) is 9.38 Å². The average molecular weight is 251 g/mol. The molecule has 3 nitrogen and oxygen atoms in total. The van der Waals surface area contributed by atoms with Crippen LogP contribution >= 0.6 is 12.8 Å². The highest BCUT2D eigenvalue weighted by atomic mass is 32.1. The minimum Gasteiger partial charge on any atom is -0.307 e. The van der Waals surface area contributed by atoms with Gasteiger partial charge in [0.15, 0.2) is 0 Å². The molecule has 0 aliphatic carbocycles. The fraction of sp³-hybridized carbons (Fsp3) is 0.462. The summed E-state index contributed by atoms with van der Waals surface area (Å²) >= 11 is 4.03. The van der Waals surface area contributed by atoms with E-state index in [2.05, 4.69) is 62.5 Å². The third-order valence-corrected chi connectivity index (χ3v) is 2.49. The third kappa shape index (κ3) is 4.40. The van der Waals surface area contributed by atoms with Gasteiger partial charge in [0.1, 0.15) is 5.65 Å². The molecule has 2 rings (SSSR count). The molecule has 0 aliphatic heterocycles. The minimum atomic E-state index is 0.245. The Kier molecular flexibility index (Phi) is 5.51. The van der Waals surface area contributed by atoms with Crippen molar-refractivity contribution in [2.24, 2.45) is 5.92 Å². The van der Waals surface area contributed by atoms with Crippen molar-refractivity contribution in [1.29, 1.82) is 0 Å². The molecule has 0 radical (unpaired) electrons. The van der Waals surface area contributed by atoms with E-state index in [-0.39, 0.29) is 6.04 Å². The van der Waals surface area contributed by atoms with Gasteiger partial charge in [0.2, 0.25) is 0 Å². The van der Waals surface area contributed by atoms with Crippen molar-refractivity contribution in [3.63, 3.8) is 0 Å². The van der Waals surface area contributed by atoms with Crippen molar-refractivity contribution in [2.75, 3.05) is 0 Å². The van der Waals surface area contributed by atoms with E-state index in [4.69, 9.17) is 0 Å². The lowest BCUT2D eigenvalue weighted by atomic mass is 10.1. The fourth-order valence-electron chi connectivity index (χ4n) is 1.27. The normalized spacial score (nSPS) is 12.4. The monoisotopic (exact) mass is 251 g/mol. The van der Waals surface area contributed by atoms with Crippen LogP contribution in [0.4, 0.5) is 0 Å². The van der Waals surface area contributed by atoms with Crippen molar-refractivity contribution in [2.45, 2.75) is 33.7 Å². The van der Waals surface area contributed by atoms with Crippen LogP contribution in [0.1, 0.15) is 39.3 Å². The Hall–Kier alpha value is -1.00. The number of nitrogens with zero attached hydrogens (tertiary/aromatic N) is 2. The third-order valence-electron chi connectivity index (χ3n) is 2.11. The first-order valence-corrected chi connectivity index (χ1v) is 6.31. The predicted octanol–water partition coefficient (Wildman–Crippen LogP) is 3.49. The first kappa shape index (κ1) is 14.1. The molecule has 2 heterocycles. The van der Waals surface area contributed by atoms with Gasteiger partial charge in [-0.2, -0.15) is 0 Å². The summed E-state index contributed by atoms with van der Waals surface area (Å²) in [5.74, 6) is 0.833. The number of thiol groups is 1. The zero-order chi connectivity index (χ0) is 12.8. The van der Waals surface area contributed by atoms with Crippen LogP contribution in [0, 0.1) is 5.92 Å². The molecule has 1 N–H and O–H groups in total. The van der Waals surface area contributed by atoms with Gasteiger partial charge in [-0.05, 0) is 24.5 Å². The van der Waals surface area contributed by atoms with Crippen molar-refractivity contribution in [3.8, 4) is 0 Å². The Morgan fingerprint density at radius 2 is 1.88 bits per heavy atom. The van der Waals surface area contributed by atoms with E-state index >= 15 is 0 Å². The molecule has 0 bridgehead atoms. The van der Waals surface area contributed by atoms with Crippen LogP contribution in [0.5, 0.6) is 0 Å². The zero-order valence-electron chi connectivity index (χ0n) is 10.9. The van der Waals surface area contributed by atoms with E-state index in [9.17, 15) is 0 Å². The molecule has 2 aromatic heterocycles. The molecule has 1 unspecified atom stereocenters. The zero-order valence-corrected chi connectivity index (χ0v) is 11.8. The second-order valence-corrected chi connectivity index (χ2v) is 5.00. The van der Waals surface area contributed by atoms with Gasteiger partial charge >= 0.3 is 0 Å². The molecule has 17 heavy (non-hydrogen) atoms. The summed E-state index contributed by atoms with van der Waals surface area (Å²) < 4.78 is 4.90. The van der Waals surface area contributed by atoms with Gasteiger partial charge in [0.05, 0.1) is 0 Å². The molecule has 2 aromatic rings. The number of imidazole rings is 1. The first-order valence-electron chi connectivity index (χ1n) is 5.86. The molecule has 0 amide bonds. The van der Waals surface area contributed by atoms with Gasteiger partial charge in [0, 0.05) is 24.6 Å². The minimum absolute atomic E-state index is 0.245. The molecule has 0 saturated carbocycles. The average Bonchev–Trinajstić information content (AvgIpc) is 2.74. The number of aromatic nitrogens is 2. The number of hydrogen-bond acceptors (Lipinski definition) is 3. The van der Waals surface area contributed by atoms with Gasteiger partial charge in [0.25, 0.3) is 0 Å². The summed E-state index contributed by atoms with van der Waals surface area (Å²) in [6.07, 6.45) is 5.78. The maximum atomic E-state index is 4.17. The molecular formula is C13H21N3S. The topological polar surface area (TPSA) is 29.3 Å². The van der Waals surface area contributed by atoms with E-state index in [1.807, 2.05) is 16.7 Å². The molecule has 0 spiro atoms. The first-order chi connectivity index (χ1) is 8.04. The van der Waals surface area contributed by atoms with Crippen LogP contribution < -0.4 is 4.72 Å². The smallest absolute Gasteiger partial charge is 0.136 e. The maximum absolute atomic E-state index is 4.17. The van der Waals surface area contributed by atoms with Crippen LogP contribution in [-0.2, 0) is 0 Å². The molecule has 1 atom stereocenters. The van der Waals surface area contributed by atoms with Gasteiger partial charge in [-0.3, -0.25) is 4.72 Å². The van der Waals surface area contributed by atoms with E-state index in [0.29, 0.717) is 0 Å². The number of rotatable bonds is 2. The predicted molar refractivity (Wildman–Crippen MR) is 76.2 cm³/mol. The summed E-state index contributed by atoms with van der Waals surface area (Å²) in [5.41, 5.74) is 2.16. The van der Waals surface area contributed by atoms with Gasteiger partial charge < -0.3 is 4.40 Å². The van der Waals surface area contributed by atoms with Crippen LogP contribution in [0.3, 0.4) is 0 Å². The lowest BCUT2D eigenvalue weighted by molar-refractivity contribution is 0.737. The number of nitrogens with one attached hydrogen (secondary N) is 1. The summed E-state index contributed by atoms with van der Waals surface area (Å²) in [6, 6.07) is 4.29. The highest BCUT2D eigenvalue weighted by Crippen LogP contribution is 2.13. The standard InChI is InChI=1S/C9H11N3S.C4H10/c1-7(11-13)8-2-3-9-10-4-5-12(9)6-8;1-4(2)3/h2-7,11,13H,1H3;4H,1-3H3. The second-order valence-electron chi connectivity index (χ2n) is 4.74. The number of hydrogen-bond donors (Lipinski definition) is 2. The summed E-state index contributed by atoms with van der Waals surface area (Å²) in [7, 11) is 0. The Labute approximate surface area is 109 Å². The largest absolute Gasteiger partial charge is 0.307 e. The molecule has 94 valence electrons. The van der Waals surface area contributed by atoms with E-state index in [0.717, 1.165) is 11.6 Å². The summed E-state index contributed by atoms with van der Waals surface area (Å²) in [5, 5.41) is 0. The molecule has 4 heteroatoms. The summed E-state index contributed by atoms with van der Waals surface area (Å²) in [4.78, 5) is 4.17. The van der Waals surface area contributed by atoms with Crippen molar-refractivity contribution in [3.05, 3.63) is 36.3 Å². The molecular weight excluding hydrogens is 230 g/mol. The van der Waals surface area contributed by atoms with E-state index in [1.54, 1.807) is 6.20 Å². The van der Waals surface area contributed by atoms with Crippen molar-refractivity contribution in [1.82, 2.24) is 14.1 Å². The fourth-order valence-corrected chi connectivity index (χ4v) is 1.42. The van der Waals surface area contributed by atoms with Crippen LogP contribution in [0.2, 0.25) is 0 Å². The maximum Gasteiger partial charge on any atom is 0.136 e. The van der Waals surface area contributed by atoms with Gasteiger partial charge in [-0.15, -0.1) is 0 Å². The highest BCUT2D eigenvalue weighted by Gasteiger charge is 2.03. The lowest BCUT2D eigenvalue weighted by Crippen LogP contribution is -2.07. The SMILES string of the molecule is CC(C)C.CC(NS)c1ccc2nccn2c1. The Morgan fingerprint density at radius 3 is 2.47 bits per heavy atom. The molecule has 0 saturated heterocycles. The Balaban J connectivity index is 0.000000317. The van der Waals surface area contributed by atoms with Gasteiger partial charge in [-0.1, -0.05) is 39.7 Å². The van der Waals surface area contributed by atoms with Crippen molar-refractivity contribution >= 4 is 18.5 Å². The molecule has 0 fully saturated rings. The molecule has 0 aliphatic rings. The Morgan fingerprint density at radius 1 is 1.24 bits per heavy atom. The van der Waals surface area contributed by atoms with E-state index < -0.39 is 0 Å². The molecule has 0 aromatic carbocycles. The van der Waals surface area contributed by atoms with Crippen LogP contribution in [0.15, 0.2) is 30.7 Å².